The first kappa shape index (κ1) is 20.4. The summed E-state index contributed by atoms with van der Waals surface area (Å²) in [4.78, 5) is 11.8. The molecule has 3 unspecified atom stereocenters. The van der Waals surface area contributed by atoms with Crippen LogP contribution in [0.3, 0.4) is 0 Å². The van der Waals surface area contributed by atoms with E-state index in [1.54, 1.807) is 0 Å². The van der Waals surface area contributed by atoms with E-state index in [1.807, 2.05) is 13.8 Å². The van der Waals surface area contributed by atoms with Crippen LogP contribution in [0.25, 0.3) is 0 Å². The Bertz CT molecular complexity index is 269. The zero-order valence-electron chi connectivity index (χ0n) is 14.6. The first-order chi connectivity index (χ1) is 9.92. The fourth-order valence-corrected chi connectivity index (χ4v) is 1.83. The molecule has 0 aliphatic carbocycles. The fraction of sp³-hybridized carbons (Fsp3) is 0.941. The van der Waals surface area contributed by atoms with E-state index in [4.69, 9.17) is 15.2 Å². The van der Waals surface area contributed by atoms with Crippen LogP contribution < -0.4 is 5.73 Å². The standard InChI is InChI=1S/C17H35NO3/c1-6-8-9-15(20-11-10-14(5)7-2)12-21-17(19)16(18)13(3)4/h13-16H,6-12,18H2,1-5H3. The van der Waals surface area contributed by atoms with Gasteiger partial charge >= 0.3 is 5.97 Å². The van der Waals surface area contributed by atoms with Gasteiger partial charge in [0.2, 0.25) is 0 Å². The zero-order valence-corrected chi connectivity index (χ0v) is 14.6. The van der Waals surface area contributed by atoms with Gasteiger partial charge in [-0.25, -0.2) is 0 Å². The second-order valence-corrected chi connectivity index (χ2v) is 6.34. The van der Waals surface area contributed by atoms with Gasteiger partial charge in [0, 0.05) is 6.61 Å². The molecule has 4 heteroatoms. The van der Waals surface area contributed by atoms with Crippen LogP contribution in [0.1, 0.15) is 66.7 Å². The van der Waals surface area contributed by atoms with Crippen molar-refractivity contribution in [3.05, 3.63) is 0 Å². The highest BCUT2D eigenvalue weighted by atomic mass is 16.6. The molecule has 0 radical (unpaired) electrons. The van der Waals surface area contributed by atoms with Crippen LogP contribution in [-0.2, 0) is 14.3 Å². The molecule has 3 atom stereocenters. The second kappa shape index (κ2) is 12.0. The molecule has 0 saturated carbocycles. The van der Waals surface area contributed by atoms with Crippen LogP contribution in [0, 0.1) is 11.8 Å². The lowest BCUT2D eigenvalue weighted by Gasteiger charge is -2.21. The minimum atomic E-state index is -0.545. The summed E-state index contributed by atoms with van der Waals surface area (Å²) in [6.07, 6.45) is 5.35. The van der Waals surface area contributed by atoms with Gasteiger partial charge < -0.3 is 15.2 Å². The molecule has 0 aromatic heterocycles. The molecular formula is C17H35NO3. The zero-order chi connectivity index (χ0) is 16.3. The SMILES string of the molecule is CCCCC(COC(=O)C(N)C(C)C)OCCC(C)CC. The third-order valence-electron chi connectivity index (χ3n) is 3.94. The van der Waals surface area contributed by atoms with Crippen LogP contribution in [0.5, 0.6) is 0 Å². The number of nitrogens with two attached hydrogens (primary N) is 1. The summed E-state index contributed by atoms with van der Waals surface area (Å²) in [6.45, 7) is 11.5. The van der Waals surface area contributed by atoms with E-state index < -0.39 is 6.04 Å². The molecule has 2 N–H and O–H groups in total. The summed E-state index contributed by atoms with van der Waals surface area (Å²) in [5, 5.41) is 0. The molecule has 126 valence electrons. The monoisotopic (exact) mass is 301 g/mol. The molecule has 0 aliphatic heterocycles. The number of ether oxygens (including phenoxy) is 2. The van der Waals surface area contributed by atoms with Crippen molar-refractivity contribution in [3.63, 3.8) is 0 Å². The number of carbonyl (C=O) groups excluding carboxylic acids is 1. The first-order valence-corrected chi connectivity index (χ1v) is 8.46. The molecule has 0 heterocycles. The van der Waals surface area contributed by atoms with Crippen LogP contribution >= 0.6 is 0 Å². The van der Waals surface area contributed by atoms with Gasteiger partial charge in [0.25, 0.3) is 0 Å². The quantitative estimate of drug-likeness (QED) is 0.560. The smallest absolute Gasteiger partial charge is 0.323 e. The van der Waals surface area contributed by atoms with Gasteiger partial charge in [-0.2, -0.15) is 0 Å². The van der Waals surface area contributed by atoms with Crippen LogP contribution in [-0.4, -0.2) is 31.3 Å². The molecule has 0 rings (SSSR count). The molecule has 0 aliphatic rings. The van der Waals surface area contributed by atoms with Gasteiger partial charge in [0.05, 0.1) is 6.10 Å². The second-order valence-electron chi connectivity index (χ2n) is 6.34. The molecule has 0 aromatic rings. The Balaban J connectivity index is 4.13. The van der Waals surface area contributed by atoms with Gasteiger partial charge in [0.1, 0.15) is 12.6 Å². The summed E-state index contributed by atoms with van der Waals surface area (Å²) in [5.41, 5.74) is 5.79. The Morgan fingerprint density at radius 2 is 1.81 bits per heavy atom. The summed E-state index contributed by atoms with van der Waals surface area (Å²) < 4.78 is 11.2. The van der Waals surface area contributed by atoms with Crippen molar-refractivity contribution in [2.75, 3.05) is 13.2 Å². The fourth-order valence-electron chi connectivity index (χ4n) is 1.83. The van der Waals surface area contributed by atoms with E-state index in [1.165, 1.54) is 6.42 Å². The van der Waals surface area contributed by atoms with E-state index in [-0.39, 0.29) is 18.0 Å². The molecule has 0 amide bonds. The van der Waals surface area contributed by atoms with Crippen molar-refractivity contribution >= 4 is 5.97 Å². The average Bonchev–Trinajstić information content (AvgIpc) is 2.47. The number of unbranched alkanes of at least 4 members (excludes halogenated alkanes) is 1. The Morgan fingerprint density at radius 3 is 2.33 bits per heavy atom. The van der Waals surface area contributed by atoms with Gasteiger partial charge in [0.15, 0.2) is 0 Å². The summed E-state index contributed by atoms with van der Waals surface area (Å²) in [6, 6.07) is -0.545. The number of hydrogen-bond acceptors (Lipinski definition) is 4. The number of rotatable bonds is 12. The predicted octanol–water partition coefficient (Wildman–Crippen LogP) is 3.52. The highest BCUT2D eigenvalue weighted by molar-refractivity contribution is 5.75. The van der Waals surface area contributed by atoms with E-state index in [2.05, 4.69) is 20.8 Å². The highest BCUT2D eigenvalue weighted by Gasteiger charge is 2.20. The minimum Gasteiger partial charge on any atom is -0.462 e. The topological polar surface area (TPSA) is 61.5 Å². The van der Waals surface area contributed by atoms with E-state index in [9.17, 15) is 4.79 Å². The number of esters is 1. The maximum absolute atomic E-state index is 11.8. The van der Waals surface area contributed by atoms with Crippen molar-refractivity contribution in [1.82, 2.24) is 0 Å². The van der Waals surface area contributed by atoms with Crippen molar-refractivity contribution < 1.29 is 14.3 Å². The molecule has 0 saturated heterocycles. The first-order valence-electron chi connectivity index (χ1n) is 8.46. The van der Waals surface area contributed by atoms with Crippen LogP contribution in [0.4, 0.5) is 0 Å². The van der Waals surface area contributed by atoms with E-state index in [0.717, 1.165) is 32.3 Å². The van der Waals surface area contributed by atoms with Crippen molar-refractivity contribution in [2.45, 2.75) is 78.9 Å². The largest absolute Gasteiger partial charge is 0.462 e. The Kier molecular flexibility index (Phi) is 11.6. The normalized spacial score (nSPS) is 15.8. The van der Waals surface area contributed by atoms with Crippen LogP contribution in [0.2, 0.25) is 0 Å². The molecular weight excluding hydrogens is 266 g/mol. The summed E-state index contributed by atoms with van der Waals surface area (Å²) in [5.74, 6) is 0.448. The summed E-state index contributed by atoms with van der Waals surface area (Å²) >= 11 is 0. The average molecular weight is 301 g/mol. The molecule has 0 bridgehead atoms. The van der Waals surface area contributed by atoms with Gasteiger partial charge in [-0.1, -0.05) is 53.9 Å². The molecule has 21 heavy (non-hydrogen) atoms. The van der Waals surface area contributed by atoms with E-state index in [0.29, 0.717) is 12.5 Å². The number of carbonyl (C=O) groups is 1. The van der Waals surface area contributed by atoms with Gasteiger partial charge in [-0.3, -0.25) is 4.79 Å². The Hall–Kier alpha value is -0.610. The van der Waals surface area contributed by atoms with Crippen LogP contribution in [0.15, 0.2) is 0 Å². The third kappa shape index (κ3) is 9.86. The lowest BCUT2D eigenvalue weighted by Crippen LogP contribution is -2.38. The van der Waals surface area contributed by atoms with Crippen molar-refractivity contribution in [2.24, 2.45) is 17.6 Å². The number of hydrogen-bond donors (Lipinski definition) is 1. The Labute approximate surface area is 130 Å². The lowest BCUT2D eigenvalue weighted by molar-refractivity contribution is -0.150. The van der Waals surface area contributed by atoms with Gasteiger partial charge in [-0.15, -0.1) is 0 Å². The molecule has 0 aromatic carbocycles. The third-order valence-corrected chi connectivity index (χ3v) is 3.94. The van der Waals surface area contributed by atoms with Crippen molar-refractivity contribution in [3.8, 4) is 0 Å². The predicted molar refractivity (Wildman–Crippen MR) is 87.1 cm³/mol. The molecule has 0 fully saturated rings. The lowest BCUT2D eigenvalue weighted by atomic mass is 10.1. The minimum absolute atomic E-state index is 0.00248. The summed E-state index contributed by atoms with van der Waals surface area (Å²) in [7, 11) is 0. The molecule has 4 nitrogen and oxygen atoms in total. The van der Waals surface area contributed by atoms with Gasteiger partial charge in [-0.05, 0) is 24.7 Å². The molecule has 0 spiro atoms. The maximum atomic E-state index is 11.8. The highest BCUT2D eigenvalue weighted by Crippen LogP contribution is 2.11. The van der Waals surface area contributed by atoms with E-state index >= 15 is 0 Å². The maximum Gasteiger partial charge on any atom is 0.323 e. The Morgan fingerprint density at radius 1 is 1.14 bits per heavy atom. The van der Waals surface area contributed by atoms with Crippen molar-refractivity contribution in [1.29, 1.82) is 0 Å².